The third kappa shape index (κ3) is 2.83. The van der Waals surface area contributed by atoms with Crippen molar-refractivity contribution in [2.24, 2.45) is 0 Å². The first-order valence-electron chi connectivity index (χ1n) is 5.20. The Morgan fingerprint density at radius 1 is 1.19 bits per heavy atom. The van der Waals surface area contributed by atoms with Crippen LogP contribution >= 0.6 is 11.3 Å². The molecule has 16 heavy (non-hydrogen) atoms. The Labute approximate surface area is 98.9 Å². The summed E-state index contributed by atoms with van der Waals surface area (Å²) in [6.45, 7) is 4.73. The second-order valence-corrected chi connectivity index (χ2v) is 5.26. The van der Waals surface area contributed by atoms with Gasteiger partial charge in [-0.3, -0.25) is 0 Å². The molecule has 2 aromatic rings. The second-order valence-electron chi connectivity index (χ2n) is 3.88. The van der Waals surface area contributed by atoms with E-state index in [1.165, 1.54) is 21.9 Å². The molecule has 1 heterocycles. The molecule has 0 saturated heterocycles. The Morgan fingerprint density at radius 2 is 2.00 bits per heavy atom. The van der Waals surface area contributed by atoms with Gasteiger partial charge in [-0.05, 0) is 49.7 Å². The number of rotatable bonds is 3. The van der Waals surface area contributed by atoms with Crippen LogP contribution in [0.4, 0.5) is 10.1 Å². The zero-order valence-corrected chi connectivity index (χ0v) is 10.2. The standard InChI is InChI=1S/C13H14FNS/c1-9-5-11(14)7-12(6-9)15-8-13-4-3-10(2)16-13/h3-7,15H,8H2,1-2H3. The molecule has 1 aromatic carbocycles. The van der Waals surface area contributed by atoms with Gasteiger partial charge in [-0.1, -0.05) is 0 Å². The quantitative estimate of drug-likeness (QED) is 0.844. The third-order valence-corrected chi connectivity index (χ3v) is 3.31. The zero-order chi connectivity index (χ0) is 11.5. The molecule has 2 rings (SSSR count). The van der Waals surface area contributed by atoms with E-state index in [4.69, 9.17) is 0 Å². The van der Waals surface area contributed by atoms with E-state index >= 15 is 0 Å². The Kier molecular flexibility index (Phi) is 3.25. The van der Waals surface area contributed by atoms with Gasteiger partial charge in [-0.25, -0.2) is 4.39 Å². The first-order valence-corrected chi connectivity index (χ1v) is 6.01. The van der Waals surface area contributed by atoms with Crippen molar-refractivity contribution in [2.75, 3.05) is 5.32 Å². The van der Waals surface area contributed by atoms with Crippen molar-refractivity contribution in [1.29, 1.82) is 0 Å². The first kappa shape index (κ1) is 11.1. The van der Waals surface area contributed by atoms with Crippen LogP contribution < -0.4 is 5.32 Å². The molecule has 0 bridgehead atoms. The van der Waals surface area contributed by atoms with Crippen LogP contribution in [0.1, 0.15) is 15.3 Å². The molecule has 0 aliphatic rings. The van der Waals surface area contributed by atoms with Gasteiger partial charge < -0.3 is 5.32 Å². The summed E-state index contributed by atoms with van der Waals surface area (Å²) in [5.74, 6) is -0.190. The summed E-state index contributed by atoms with van der Waals surface area (Å²) in [4.78, 5) is 2.56. The largest absolute Gasteiger partial charge is 0.380 e. The maximum Gasteiger partial charge on any atom is 0.125 e. The summed E-state index contributed by atoms with van der Waals surface area (Å²) in [6, 6.07) is 9.19. The summed E-state index contributed by atoms with van der Waals surface area (Å²) in [5.41, 5.74) is 1.77. The number of thiophene rings is 1. The van der Waals surface area contributed by atoms with Gasteiger partial charge in [-0.2, -0.15) is 0 Å². The van der Waals surface area contributed by atoms with Gasteiger partial charge in [0.05, 0.1) is 0 Å². The van der Waals surface area contributed by atoms with E-state index < -0.39 is 0 Å². The topological polar surface area (TPSA) is 12.0 Å². The highest BCUT2D eigenvalue weighted by Gasteiger charge is 1.99. The SMILES string of the molecule is Cc1cc(F)cc(NCc2ccc(C)s2)c1. The number of benzene rings is 1. The van der Waals surface area contributed by atoms with Crippen molar-refractivity contribution in [2.45, 2.75) is 20.4 Å². The van der Waals surface area contributed by atoms with E-state index in [1.54, 1.807) is 11.3 Å². The molecule has 0 saturated carbocycles. The van der Waals surface area contributed by atoms with E-state index in [9.17, 15) is 4.39 Å². The number of hydrogen-bond acceptors (Lipinski definition) is 2. The van der Waals surface area contributed by atoms with Gasteiger partial charge >= 0.3 is 0 Å². The molecule has 0 spiro atoms. The molecule has 0 unspecified atom stereocenters. The first-order chi connectivity index (χ1) is 7.63. The lowest BCUT2D eigenvalue weighted by molar-refractivity contribution is 0.627. The van der Waals surface area contributed by atoms with E-state index in [0.717, 1.165) is 17.8 Å². The summed E-state index contributed by atoms with van der Waals surface area (Å²) in [7, 11) is 0. The van der Waals surface area contributed by atoms with Crippen molar-refractivity contribution in [3.05, 3.63) is 51.5 Å². The number of nitrogens with one attached hydrogen (secondary N) is 1. The molecule has 1 N–H and O–H groups in total. The monoisotopic (exact) mass is 235 g/mol. The van der Waals surface area contributed by atoms with Crippen molar-refractivity contribution >= 4 is 17.0 Å². The Hall–Kier alpha value is -1.35. The maximum atomic E-state index is 13.1. The van der Waals surface area contributed by atoms with E-state index in [0.29, 0.717) is 0 Å². The van der Waals surface area contributed by atoms with Gasteiger partial charge in [0.1, 0.15) is 5.82 Å². The molecule has 0 aliphatic carbocycles. The lowest BCUT2D eigenvalue weighted by Gasteiger charge is -2.06. The normalized spacial score (nSPS) is 10.4. The molecule has 84 valence electrons. The average Bonchev–Trinajstić information content (AvgIpc) is 2.60. The number of hydrogen-bond donors (Lipinski definition) is 1. The van der Waals surface area contributed by atoms with Gasteiger partial charge in [0.2, 0.25) is 0 Å². The van der Waals surface area contributed by atoms with Crippen LogP contribution in [0.15, 0.2) is 30.3 Å². The van der Waals surface area contributed by atoms with Crippen LogP contribution in [-0.2, 0) is 6.54 Å². The lowest BCUT2D eigenvalue weighted by Crippen LogP contribution is -1.98. The van der Waals surface area contributed by atoms with Gasteiger partial charge in [0, 0.05) is 22.0 Å². The van der Waals surface area contributed by atoms with Crippen molar-refractivity contribution in [3.63, 3.8) is 0 Å². The highest BCUT2D eigenvalue weighted by atomic mass is 32.1. The summed E-state index contributed by atoms with van der Waals surface area (Å²) in [6.07, 6.45) is 0. The predicted octanol–water partition coefficient (Wildman–Crippen LogP) is 4.12. The molecule has 0 amide bonds. The van der Waals surface area contributed by atoms with Crippen molar-refractivity contribution < 1.29 is 4.39 Å². The molecule has 3 heteroatoms. The minimum absolute atomic E-state index is 0.190. The number of anilines is 1. The van der Waals surface area contributed by atoms with Gasteiger partial charge in [0.25, 0.3) is 0 Å². The molecular formula is C13H14FNS. The fraction of sp³-hybridized carbons (Fsp3) is 0.231. The highest BCUT2D eigenvalue weighted by molar-refractivity contribution is 7.11. The fourth-order valence-electron chi connectivity index (χ4n) is 1.61. The Morgan fingerprint density at radius 3 is 2.62 bits per heavy atom. The number of halogens is 1. The van der Waals surface area contributed by atoms with Crippen LogP contribution in [0.2, 0.25) is 0 Å². The second kappa shape index (κ2) is 4.66. The lowest BCUT2D eigenvalue weighted by atomic mass is 10.2. The Balaban J connectivity index is 2.04. The predicted molar refractivity (Wildman–Crippen MR) is 67.5 cm³/mol. The van der Waals surface area contributed by atoms with Crippen LogP contribution in [0, 0.1) is 19.7 Å². The van der Waals surface area contributed by atoms with Crippen LogP contribution in [-0.4, -0.2) is 0 Å². The summed E-state index contributed by atoms with van der Waals surface area (Å²) >= 11 is 1.76. The van der Waals surface area contributed by atoms with Crippen molar-refractivity contribution in [3.8, 4) is 0 Å². The minimum Gasteiger partial charge on any atom is -0.380 e. The summed E-state index contributed by atoms with van der Waals surface area (Å²) < 4.78 is 13.1. The van der Waals surface area contributed by atoms with E-state index in [-0.39, 0.29) is 5.82 Å². The number of aryl methyl sites for hydroxylation is 2. The maximum absolute atomic E-state index is 13.1. The van der Waals surface area contributed by atoms with Crippen molar-refractivity contribution in [1.82, 2.24) is 0 Å². The molecular weight excluding hydrogens is 221 g/mol. The van der Waals surface area contributed by atoms with E-state index in [2.05, 4.69) is 24.4 Å². The molecule has 1 aromatic heterocycles. The van der Waals surface area contributed by atoms with Crippen LogP contribution in [0.25, 0.3) is 0 Å². The van der Waals surface area contributed by atoms with E-state index in [1.807, 2.05) is 13.0 Å². The molecule has 0 aliphatic heterocycles. The molecule has 0 radical (unpaired) electrons. The average molecular weight is 235 g/mol. The highest BCUT2D eigenvalue weighted by Crippen LogP contribution is 2.18. The molecule has 0 atom stereocenters. The summed E-state index contributed by atoms with van der Waals surface area (Å²) in [5, 5.41) is 3.23. The zero-order valence-electron chi connectivity index (χ0n) is 9.38. The molecule has 0 fully saturated rings. The Bertz CT molecular complexity index is 470. The van der Waals surface area contributed by atoms with Crippen LogP contribution in [0.3, 0.4) is 0 Å². The third-order valence-electron chi connectivity index (χ3n) is 2.30. The van der Waals surface area contributed by atoms with Crippen LogP contribution in [0.5, 0.6) is 0 Å². The van der Waals surface area contributed by atoms with Gasteiger partial charge in [0.15, 0.2) is 0 Å². The van der Waals surface area contributed by atoms with Gasteiger partial charge in [-0.15, -0.1) is 11.3 Å². The minimum atomic E-state index is -0.190. The smallest absolute Gasteiger partial charge is 0.125 e. The fourth-order valence-corrected chi connectivity index (χ4v) is 2.44. The molecule has 1 nitrogen and oxygen atoms in total.